The Hall–Kier alpha value is -2.15. The second-order valence-corrected chi connectivity index (χ2v) is 6.76. The minimum Gasteiger partial charge on any atom is -0.357 e. The third-order valence-electron chi connectivity index (χ3n) is 4.36. The van der Waals surface area contributed by atoms with Crippen molar-refractivity contribution in [3.63, 3.8) is 0 Å². The number of hydrogen-bond donors (Lipinski definition) is 3. The number of aromatic nitrogens is 1. The molecule has 2 rings (SSSR count). The average Bonchev–Trinajstić information content (AvgIpc) is 2.95. The summed E-state index contributed by atoms with van der Waals surface area (Å²) in [5, 5.41) is 9.49. The molecule has 0 aliphatic carbocycles. The van der Waals surface area contributed by atoms with Crippen LogP contribution < -0.4 is 16.0 Å². The van der Waals surface area contributed by atoms with Crippen LogP contribution in [0.2, 0.25) is 0 Å². The molecule has 0 spiro atoms. The third kappa shape index (κ3) is 6.01. The minimum absolute atomic E-state index is 0.0687. The monoisotopic (exact) mass is 346 g/mol. The molecule has 1 aliphatic heterocycles. The topological polar surface area (TPSA) is 81.6 Å². The molecule has 1 fully saturated rings. The van der Waals surface area contributed by atoms with Crippen molar-refractivity contribution in [3.05, 3.63) is 24.5 Å². The number of amides is 1. The van der Waals surface area contributed by atoms with Crippen LogP contribution in [-0.4, -0.2) is 60.0 Å². The molecule has 2 heterocycles. The van der Waals surface area contributed by atoms with E-state index >= 15 is 0 Å². The van der Waals surface area contributed by atoms with Crippen molar-refractivity contribution in [1.29, 1.82) is 0 Å². The van der Waals surface area contributed by atoms with Gasteiger partial charge in [-0.2, -0.15) is 0 Å². The van der Waals surface area contributed by atoms with Gasteiger partial charge in [-0.05, 0) is 38.8 Å². The molecule has 1 aliphatic rings. The van der Waals surface area contributed by atoms with Gasteiger partial charge in [0.2, 0.25) is 5.91 Å². The molecule has 0 bridgehead atoms. The van der Waals surface area contributed by atoms with E-state index in [1.54, 1.807) is 24.5 Å². The van der Waals surface area contributed by atoms with Gasteiger partial charge >= 0.3 is 0 Å². The maximum Gasteiger partial charge on any atom is 0.246 e. The number of nitrogens with zero attached hydrogens (tertiary/aromatic N) is 3. The summed E-state index contributed by atoms with van der Waals surface area (Å²) >= 11 is 0. The van der Waals surface area contributed by atoms with Gasteiger partial charge in [-0.25, -0.2) is 4.99 Å². The van der Waals surface area contributed by atoms with Gasteiger partial charge in [-0.15, -0.1) is 0 Å². The van der Waals surface area contributed by atoms with Gasteiger partial charge in [0.15, 0.2) is 5.96 Å². The largest absolute Gasteiger partial charge is 0.357 e. The summed E-state index contributed by atoms with van der Waals surface area (Å²) in [5.41, 5.74) is 0.678. The zero-order valence-corrected chi connectivity index (χ0v) is 15.6. The first-order valence-corrected chi connectivity index (χ1v) is 8.98. The van der Waals surface area contributed by atoms with Gasteiger partial charge in [0.05, 0.1) is 11.9 Å². The van der Waals surface area contributed by atoms with Crippen molar-refractivity contribution in [3.8, 4) is 0 Å². The Kier molecular flexibility index (Phi) is 7.18. The van der Waals surface area contributed by atoms with E-state index < -0.39 is 0 Å². The van der Waals surface area contributed by atoms with Gasteiger partial charge in [-0.3, -0.25) is 14.7 Å². The van der Waals surface area contributed by atoms with Crippen LogP contribution in [0, 0.1) is 5.92 Å². The SMILES string of the molecule is CCNC(=NCC(=O)Nc1cccnc1)NC1CN(C(C)C)CC1C. The number of anilines is 1. The molecule has 0 radical (unpaired) electrons. The Morgan fingerprint density at radius 1 is 1.44 bits per heavy atom. The van der Waals surface area contributed by atoms with Crippen LogP contribution >= 0.6 is 0 Å². The minimum atomic E-state index is -0.159. The smallest absolute Gasteiger partial charge is 0.246 e. The van der Waals surface area contributed by atoms with Crippen LogP contribution in [0.3, 0.4) is 0 Å². The first-order chi connectivity index (χ1) is 12.0. The third-order valence-corrected chi connectivity index (χ3v) is 4.36. The van der Waals surface area contributed by atoms with Crippen LogP contribution in [0.15, 0.2) is 29.5 Å². The Morgan fingerprint density at radius 2 is 2.24 bits per heavy atom. The van der Waals surface area contributed by atoms with E-state index in [9.17, 15) is 4.79 Å². The number of likely N-dealkylation sites (tertiary alicyclic amines) is 1. The molecule has 25 heavy (non-hydrogen) atoms. The zero-order valence-electron chi connectivity index (χ0n) is 15.6. The Labute approximate surface area is 150 Å². The van der Waals surface area contributed by atoms with Gasteiger partial charge < -0.3 is 16.0 Å². The van der Waals surface area contributed by atoms with Crippen LogP contribution in [0.25, 0.3) is 0 Å². The summed E-state index contributed by atoms with van der Waals surface area (Å²) in [7, 11) is 0. The molecule has 1 amide bonds. The number of guanidine groups is 1. The second kappa shape index (κ2) is 9.36. The molecule has 2 unspecified atom stereocenters. The molecule has 1 aromatic rings. The lowest BCUT2D eigenvalue weighted by Crippen LogP contribution is -2.47. The molecular formula is C18H30N6O. The van der Waals surface area contributed by atoms with Gasteiger partial charge in [0.25, 0.3) is 0 Å². The fourth-order valence-corrected chi connectivity index (χ4v) is 2.90. The molecule has 3 N–H and O–H groups in total. The zero-order chi connectivity index (χ0) is 18.2. The number of rotatable bonds is 6. The number of carbonyl (C=O) groups excluding carboxylic acids is 1. The van der Waals surface area contributed by atoms with E-state index in [0.29, 0.717) is 29.6 Å². The molecule has 7 nitrogen and oxygen atoms in total. The van der Waals surface area contributed by atoms with Crippen LogP contribution in [0.5, 0.6) is 0 Å². The maximum atomic E-state index is 12.1. The van der Waals surface area contributed by atoms with E-state index in [4.69, 9.17) is 0 Å². The van der Waals surface area contributed by atoms with E-state index in [2.05, 4.69) is 51.6 Å². The van der Waals surface area contributed by atoms with Crippen molar-refractivity contribution < 1.29 is 4.79 Å². The first-order valence-electron chi connectivity index (χ1n) is 8.98. The van der Waals surface area contributed by atoms with Crippen LogP contribution in [-0.2, 0) is 4.79 Å². The van der Waals surface area contributed by atoms with E-state index in [0.717, 1.165) is 19.6 Å². The predicted molar refractivity (Wildman–Crippen MR) is 102 cm³/mol. The van der Waals surface area contributed by atoms with Gasteiger partial charge in [0.1, 0.15) is 6.54 Å². The highest BCUT2D eigenvalue weighted by Gasteiger charge is 2.31. The summed E-state index contributed by atoms with van der Waals surface area (Å²) in [6.45, 7) is 11.6. The molecule has 2 atom stereocenters. The predicted octanol–water partition coefficient (Wildman–Crippen LogP) is 1.30. The fourth-order valence-electron chi connectivity index (χ4n) is 2.90. The van der Waals surface area contributed by atoms with E-state index in [1.807, 2.05) is 6.92 Å². The fraction of sp³-hybridized carbons (Fsp3) is 0.611. The molecule has 7 heteroatoms. The second-order valence-electron chi connectivity index (χ2n) is 6.76. The van der Waals surface area contributed by atoms with Crippen molar-refractivity contribution in [2.45, 2.75) is 39.8 Å². The molecule has 0 saturated carbocycles. The lowest BCUT2D eigenvalue weighted by molar-refractivity contribution is -0.114. The van der Waals surface area contributed by atoms with Crippen molar-refractivity contribution >= 4 is 17.6 Å². The highest BCUT2D eigenvalue weighted by Crippen LogP contribution is 2.18. The number of aliphatic imine (C=N–C) groups is 1. The van der Waals surface area contributed by atoms with E-state index in [-0.39, 0.29) is 12.5 Å². The Bertz CT molecular complexity index is 574. The standard InChI is InChI=1S/C18H30N6O/c1-5-20-18(23-16-12-24(13(2)3)11-14(16)4)21-10-17(25)22-15-7-6-8-19-9-15/h6-9,13-14,16H,5,10-12H2,1-4H3,(H,22,25)(H2,20,21,23). The summed E-state index contributed by atoms with van der Waals surface area (Å²) in [6, 6.07) is 4.46. The van der Waals surface area contributed by atoms with Crippen molar-refractivity contribution in [2.24, 2.45) is 10.9 Å². The first kappa shape index (κ1) is 19.2. The number of carbonyl (C=O) groups is 1. The number of nitrogens with one attached hydrogen (secondary N) is 3. The molecule has 1 saturated heterocycles. The van der Waals surface area contributed by atoms with Gasteiger partial charge in [-0.1, -0.05) is 6.92 Å². The van der Waals surface area contributed by atoms with Crippen molar-refractivity contribution in [1.82, 2.24) is 20.5 Å². The molecule has 1 aromatic heterocycles. The molecule has 138 valence electrons. The lowest BCUT2D eigenvalue weighted by Gasteiger charge is -2.21. The maximum absolute atomic E-state index is 12.1. The Morgan fingerprint density at radius 3 is 2.84 bits per heavy atom. The average molecular weight is 346 g/mol. The summed E-state index contributed by atoms with van der Waals surface area (Å²) in [4.78, 5) is 22.9. The van der Waals surface area contributed by atoms with Gasteiger partial charge in [0, 0.05) is 37.9 Å². The summed E-state index contributed by atoms with van der Waals surface area (Å²) in [6.07, 6.45) is 3.29. The summed E-state index contributed by atoms with van der Waals surface area (Å²) in [5.74, 6) is 1.07. The quantitative estimate of drug-likeness (QED) is 0.534. The lowest BCUT2D eigenvalue weighted by atomic mass is 10.1. The highest BCUT2D eigenvalue weighted by molar-refractivity contribution is 5.93. The van der Waals surface area contributed by atoms with Crippen LogP contribution in [0.1, 0.15) is 27.7 Å². The molecule has 0 aromatic carbocycles. The normalized spacial score (nSPS) is 21.4. The Balaban J connectivity index is 1.90. The highest BCUT2D eigenvalue weighted by atomic mass is 16.1. The number of pyridine rings is 1. The van der Waals surface area contributed by atoms with Crippen molar-refractivity contribution in [2.75, 3.05) is 31.5 Å². The van der Waals surface area contributed by atoms with E-state index in [1.165, 1.54) is 0 Å². The summed E-state index contributed by atoms with van der Waals surface area (Å²) < 4.78 is 0. The van der Waals surface area contributed by atoms with Crippen LogP contribution in [0.4, 0.5) is 5.69 Å². The molecular weight excluding hydrogens is 316 g/mol. The number of hydrogen-bond acceptors (Lipinski definition) is 4.